The molecule has 1 aliphatic rings. The van der Waals surface area contributed by atoms with E-state index in [-0.39, 0.29) is 6.04 Å². The Bertz CT molecular complexity index is 659. The first-order chi connectivity index (χ1) is 10.5. The molecule has 0 bridgehead atoms. The number of anilines is 1. The van der Waals surface area contributed by atoms with Crippen molar-refractivity contribution in [3.8, 4) is 0 Å². The first-order valence-electron chi connectivity index (χ1n) is 7.50. The number of halogens is 1. The highest BCUT2D eigenvalue weighted by molar-refractivity contribution is 6.32. The van der Waals surface area contributed by atoms with Crippen LogP contribution in [0.4, 0.5) is 5.82 Å². The van der Waals surface area contributed by atoms with Crippen LogP contribution in [-0.4, -0.2) is 38.2 Å². The van der Waals surface area contributed by atoms with Crippen molar-refractivity contribution in [2.75, 3.05) is 18.0 Å². The number of aliphatic hydroxyl groups is 1. The molecule has 1 saturated heterocycles. The van der Waals surface area contributed by atoms with E-state index >= 15 is 0 Å². The Morgan fingerprint density at radius 2 is 2.23 bits per heavy atom. The molecule has 0 aromatic carbocycles. The van der Waals surface area contributed by atoms with Gasteiger partial charge in [0.15, 0.2) is 0 Å². The number of hydrogen-bond acceptors (Lipinski definition) is 5. The Morgan fingerprint density at radius 1 is 1.41 bits per heavy atom. The normalized spacial score (nSPS) is 22.3. The van der Waals surface area contributed by atoms with E-state index in [4.69, 9.17) is 11.6 Å². The number of nitrogens with zero attached hydrogens (tertiary/aromatic N) is 5. The third-order valence-electron chi connectivity index (χ3n) is 4.03. The zero-order valence-electron chi connectivity index (χ0n) is 12.8. The lowest BCUT2D eigenvalue weighted by Crippen LogP contribution is -2.46. The number of aromatic nitrogens is 4. The summed E-state index contributed by atoms with van der Waals surface area (Å²) in [6.45, 7) is 5.30. The summed E-state index contributed by atoms with van der Waals surface area (Å²) < 4.78 is 1.76. The van der Waals surface area contributed by atoms with Crippen LogP contribution >= 0.6 is 11.6 Å². The molecule has 1 unspecified atom stereocenters. The summed E-state index contributed by atoms with van der Waals surface area (Å²) in [6.07, 6.45) is 5.04. The van der Waals surface area contributed by atoms with Crippen LogP contribution in [0.3, 0.4) is 0 Å². The lowest BCUT2D eigenvalue weighted by atomic mass is 9.90. The van der Waals surface area contributed by atoms with Gasteiger partial charge >= 0.3 is 0 Å². The van der Waals surface area contributed by atoms with Crippen molar-refractivity contribution in [1.29, 1.82) is 0 Å². The maximum Gasteiger partial charge on any atom is 0.147 e. The van der Waals surface area contributed by atoms with Crippen LogP contribution < -0.4 is 4.90 Å². The highest BCUT2D eigenvalue weighted by atomic mass is 35.5. The number of hydrogen-bond donors (Lipinski definition) is 1. The molecule has 0 spiro atoms. The Balaban J connectivity index is 1.86. The molecule has 1 N–H and O–H groups in total. The lowest BCUT2D eigenvalue weighted by Gasteiger charge is -2.38. The standard InChI is InChI=1S/C15H20ClN5O/c1-11(2)21-9-13(18-19-21)15(22)6-4-8-20(10-15)14-12(16)5-3-7-17-14/h3,5,7,9,11,22H,4,6,8,10H2,1-2H3. The minimum Gasteiger partial charge on any atom is -0.382 e. The molecule has 0 radical (unpaired) electrons. The molecule has 3 rings (SSSR count). The van der Waals surface area contributed by atoms with Gasteiger partial charge in [-0.05, 0) is 38.8 Å². The zero-order valence-corrected chi connectivity index (χ0v) is 13.5. The highest BCUT2D eigenvalue weighted by Crippen LogP contribution is 2.34. The predicted molar refractivity (Wildman–Crippen MR) is 85.0 cm³/mol. The zero-order chi connectivity index (χ0) is 15.7. The van der Waals surface area contributed by atoms with E-state index in [1.54, 1.807) is 16.9 Å². The minimum absolute atomic E-state index is 0.217. The van der Waals surface area contributed by atoms with Gasteiger partial charge in [-0.3, -0.25) is 0 Å². The quantitative estimate of drug-likeness (QED) is 0.940. The monoisotopic (exact) mass is 321 g/mol. The van der Waals surface area contributed by atoms with E-state index in [1.165, 1.54) is 0 Å². The molecule has 118 valence electrons. The molecule has 2 aromatic heterocycles. The second-order valence-electron chi connectivity index (χ2n) is 6.04. The van der Waals surface area contributed by atoms with Gasteiger partial charge in [0.05, 0.1) is 17.8 Å². The summed E-state index contributed by atoms with van der Waals surface area (Å²) in [5.74, 6) is 0.707. The number of piperidine rings is 1. The van der Waals surface area contributed by atoms with Crippen LogP contribution in [0.2, 0.25) is 5.02 Å². The van der Waals surface area contributed by atoms with Crippen LogP contribution in [0.15, 0.2) is 24.5 Å². The largest absolute Gasteiger partial charge is 0.382 e. The molecule has 0 saturated carbocycles. The molecule has 1 atom stereocenters. The summed E-state index contributed by atoms with van der Waals surface area (Å²) in [4.78, 5) is 6.35. The molecule has 6 nitrogen and oxygen atoms in total. The average molecular weight is 322 g/mol. The summed E-state index contributed by atoms with van der Waals surface area (Å²) in [5.41, 5.74) is -0.412. The van der Waals surface area contributed by atoms with Crippen LogP contribution in [0, 0.1) is 0 Å². The predicted octanol–water partition coefficient (Wildman–Crippen LogP) is 2.40. The van der Waals surface area contributed by atoms with Gasteiger partial charge in [0.1, 0.15) is 17.1 Å². The van der Waals surface area contributed by atoms with E-state index in [1.807, 2.05) is 31.0 Å². The van der Waals surface area contributed by atoms with Gasteiger partial charge in [-0.15, -0.1) is 5.10 Å². The topological polar surface area (TPSA) is 67.1 Å². The molecule has 1 aliphatic heterocycles. The van der Waals surface area contributed by atoms with E-state index in [9.17, 15) is 5.11 Å². The molecule has 22 heavy (non-hydrogen) atoms. The van der Waals surface area contributed by atoms with Gasteiger partial charge < -0.3 is 10.0 Å². The maximum absolute atomic E-state index is 11.0. The number of β-amino-alcohol motifs (C(OH)–C–C–N with tert-alkyl or cyclic N) is 1. The highest BCUT2D eigenvalue weighted by Gasteiger charge is 2.38. The fourth-order valence-corrected chi connectivity index (χ4v) is 3.02. The Morgan fingerprint density at radius 3 is 2.91 bits per heavy atom. The first-order valence-corrected chi connectivity index (χ1v) is 7.87. The Kier molecular flexibility index (Phi) is 4.06. The second-order valence-corrected chi connectivity index (χ2v) is 6.45. The molecular formula is C15H20ClN5O. The molecule has 1 fully saturated rings. The molecule has 0 amide bonds. The molecule has 0 aliphatic carbocycles. The van der Waals surface area contributed by atoms with Crippen LogP contribution in [0.25, 0.3) is 0 Å². The van der Waals surface area contributed by atoms with E-state index < -0.39 is 5.60 Å². The Hall–Kier alpha value is -1.66. The van der Waals surface area contributed by atoms with Gasteiger partial charge in [-0.2, -0.15) is 0 Å². The van der Waals surface area contributed by atoms with Crippen LogP contribution in [-0.2, 0) is 5.60 Å². The van der Waals surface area contributed by atoms with Crippen molar-refractivity contribution in [1.82, 2.24) is 20.0 Å². The average Bonchev–Trinajstić information content (AvgIpc) is 2.98. The van der Waals surface area contributed by atoms with E-state index in [0.717, 1.165) is 13.0 Å². The smallest absolute Gasteiger partial charge is 0.147 e. The molecular weight excluding hydrogens is 302 g/mol. The lowest BCUT2D eigenvalue weighted by molar-refractivity contribution is 0.0174. The number of pyridine rings is 1. The fraction of sp³-hybridized carbons (Fsp3) is 0.533. The maximum atomic E-state index is 11.0. The summed E-state index contributed by atoms with van der Waals surface area (Å²) in [7, 11) is 0. The van der Waals surface area contributed by atoms with Crippen molar-refractivity contribution in [2.24, 2.45) is 0 Å². The summed E-state index contributed by atoms with van der Waals surface area (Å²) in [5, 5.41) is 19.9. The van der Waals surface area contributed by atoms with Gasteiger partial charge in [0, 0.05) is 18.8 Å². The molecule has 7 heteroatoms. The molecule has 2 aromatic rings. The van der Waals surface area contributed by atoms with Crippen LogP contribution in [0.1, 0.15) is 38.4 Å². The van der Waals surface area contributed by atoms with Gasteiger partial charge in [-0.1, -0.05) is 16.8 Å². The van der Waals surface area contributed by atoms with Crippen molar-refractivity contribution in [3.63, 3.8) is 0 Å². The summed E-state index contributed by atoms with van der Waals surface area (Å²) >= 11 is 6.22. The van der Waals surface area contributed by atoms with Crippen molar-refractivity contribution in [3.05, 3.63) is 35.2 Å². The van der Waals surface area contributed by atoms with Gasteiger partial charge in [0.2, 0.25) is 0 Å². The summed E-state index contributed by atoms with van der Waals surface area (Å²) in [6, 6.07) is 3.83. The second kappa shape index (κ2) is 5.85. The van der Waals surface area contributed by atoms with Gasteiger partial charge in [-0.25, -0.2) is 9.67 Å². The van der Waals surface area contributed by atoms with Crippen molar-refractivity contribution >= 4 is 17.4 Å². The first kappa shape index (κ1) is 15.2. The van der Waals surface area contributed by atoms with Crippen LogP contribution in [0.5, 0.6) is 0 Å². The SMILES string of the molecule is CC(C)n1cc(C2(O)CCCN(c3ncccc3Cl)C2)nn1. The third-order valence-corrected chi connectivity index (χ3v) is 4.32. The van der Waals surface area contributed by atoms with Crippen molar-refractivity contribution in [2.45, 2.75) is 38.3 Å². The van der Waals surface area contributed by atoms with Crippen molar-refractivity contribution < 1.29 is 5.11 Å². The van der Waals surface area contributed by atoms with E-state index in [0.29, 0.717) is 29.5 Å². The Labute approximate surface area is 134 Å². The molecule has 3 heterocycles. The number of rotatable bonds is 3. The fourth-order valence-electron chi connectivity index (χ4n) is 2.78. The van der Waals surface area contributed by atoms with Gasteiger partial charge in [0.25, 0.3) is 0 Å². The minimum atomic E-state index is -1.02. The van der Waals surface area contributed by atoms with E-state index in [2.05, 4.69) is 15.3 Å². The third kappa shape index (κ3) is 2.80.